The summed E-state index contributed by atoms with van der Waals surface area (Å²) in [6, 6.07) is 6.49. The van der Waals surface area contributed by atoms with Crippen molar-refractivity contribution in [3.8, 4) is 5.75 Å². The Morgan fingerprint density at radius 2 is 2.30 bits per heavy atom. The largest absolute Gasteiger partial charge is 0.491 e. The second-order valence-electron chi connectivity index (χ2n) is 6.29. The number of likely N-dealkylation sites (N-methyl/N-ethyl adjacent to an activating group) is 1. The molecule has 0 spiro atoms. The first kappa shape index (κ1) is 13.9. The lowest BCUT2D eigenvalue weighted by atomic mass is 9.99. The van der Waals surface area contributed by atoms with E-state index in [0.717, 1.165) is 38.4 Å². The molecule has 0 bridgehead atoms. The quantitative estimate of drug-likeness (QED) is 0.913. The van der Waals surface area contributed by atoms with Gasteiger partial charge in [-0.1, -0.05) is 19.1 Å². The van der Waals surface area contributed by atoms with Crippen LogP contribution >= 0.6 is 0 Å². The summed E-state index contributed by atoms with van der Waals surface area (Å²) in [4.78, 5) is 2.56. The van der Waals surface area contributed by atoms with Gasteiger partial charge in [0.25, 0.3) is 0 Å². The van der Waals surface area contributed by atoms with Crippen molar-refractivity contribution in [1.29, 1.82) is 0 Å². The van der Waals surface area contributed by atoms with E-state index in [-0.39, 0.29) is 5.54 Å². The van der Waals surface area contributed by atoms with Crippen molar-refractivity contribution in [2.24, 2.45) is 0 Å². The molecule has 3 heteroatoms. The Labute approximate surface area is 122 Å². The maximum Gasteiger partial charge on any atom is 0.124 e. The van der Waals surface area contributed by atoms with E-state index in [1.54, 1.807) is 0 Å². The second-order valence-corrected chi connectivity index (χ2v) is 6.29. The zero-order chi connectivity index (χ0) is 14.0. The van der Waals surface area contributed by atoms with Crippen LogP contribution in [0.4, 0.5) is 0 Å². The molecule has 0 saturated carbocycles. The Morgan fingerprint density at radius 1 is 1.40 bits per heavy atom. The molecule has 1 unspecified atom stereocenters. The Bertz CT molecular complexity index is 474. The summed E-state index contributed by atoms with van der Waals surface area (Å²) < 4.78 is 6.24. The SMILES string of the molecule is CCN1CCCC1(C)COc1cccc2c1CNCC2. The Hall–Kier alpha value is -1.06. The van der Waals surface area contributed by atoms with E-state index in [0.29, 0.717) is 0 Å². The van der Waals surface area contributed by atoms with E-state index in [1.165, 1.54) is 30.5 Å². The fourth-order valence-electron chi connectivity index (χ4n) is 3.63. The molecule has 3 nitrogen and oxygen atoms in total. The summed E-state index contributed by atoms with van der Waals surface area (Å²) in [7, 11) is 0. The highest BCUT2D eigenvalue weighted by Crippen LogP contribution is 2.31. The molecule has 2 aliphatic heterocycles. The number of ether oxygens (including phenoxy) is 1. The molecular weight excluding hydrogens is 248 g/mol. The van der Waals surface area contributed by atoms with Crippen LogP contribution in [0.5, 0.6) is 5.75 Å². The average Bonchev–Trinajstić information content (AvgIpc) is 2.86. The number of nitrogens with one attached hydrogen (secondary N) is 1. The first-order valence-electron chi connectivity index (χ1n) is 7.92. The summed E-state index contributed by atoms with van der Waals surface area (Å²) in [5.74, 6) is 1.08. The van der Waals surface area contributed by atoms with E-state index >= 15 is 0 Å². The number of rotatable bonds is 4. The van der Waals surface area contributed by atoms with Crippen LogP contribution in [0.2, 0.25) is 0 Å². The van der Waals surface area contributed by atoms with Crippen LogP contribution in [0.15, 0.2) is 18.2 Å². The van der Waals surface area contributed by atoms with Gasteiger partial charge >= 0.3 is 0 Å². The minimum Gasteiger partial charge on any atom is -0.491 e. The van der Waals surface area contributed by atoms with Gasteiger partial charge < -0.3 is 10.1 Å². The predicted octanol–water partition coefficient (Wildman–Crippen LogP) is 2.59. The lowest BCUT2D eigenvalue weighted by Crippen LogP contribution is -2.45. The minimum atomic E-state index is 0.208. The third-order valence-corrected chi connectivity index (χ3v) is 4.93. The molecule has 1 N–H and O–H groups in total. The van der Waals surface area contributed by atoms with Crippen LogP contribution in [0.3, 0.4) is 0 Å². The predicted molar refractivity (Wildman–Crippen MR) is 82.2 cm³/mol. The Balaban J connectivity index is 1.72. The molecule has 20 heavy (non-hydrogen) atoms. The molecule has 2 aliphatic rings. The maximum absolute atomic E-state index is 6.24. The zero-order valence-corrected chi connectivity index (χ0v) is 12.7. The Kier molecular flexibility index (Phi) is 3.99. The molecule has 110 valence electrons. The van der Waals surface area contributed by atoms with Crippen molar-refractivity contribution in [3.05, 3.63) is 29.3 Å². The van der Waals surface area contributed by atoms with Crippen LogP contribution in [0.25, 0.3) is 0 Å². The van der Waals surface area contributed by atoms with Gasteiger partial charge in [-0.15, -0.1) is 0 Å². The van der Waals surface area contributed by atoms with Crippen LogP contribution in [0.1, 0.15) is 37.8 Å². The van der Waals surface area contributed by atoms with Gasteiger partial charge in [0, 0.05) is 12.1 Å². The van der Waals surface area contributed by atoms with Crippen molar-refractivity contribution in [3.63, 3.8) is 0 Å². The molecule has 3 rings (SSSR count). The number of benzene rings is 1. The highest BCUT2D eigenvalue weighted by atomic mass is 16.5. The van der Waals surface area contributed by atoms with Crippen molar-refractivity contribution >= 4 is 0 Å². The highest BCUT2D eigenvalue weighted by molar-refractivity contribution is 5.41. The number of fused-ring (bicyclic) bond motifs is 1. The summed E-state index contributed by atoms with van der Waals surface area (Å²) in [5.41, 5.74) is 3.02. The van der Waals surface area contributed by atoms with Crippen molar-refractivity contribution in [1.82, 2.24) is 10.2 Å². The molecule has 1 fully saturated rings. The number of hydrogen-bond donors (Lipinski definition) is 1. The zero-order valence-electron chi connectivity index (χ0n) is 12.7. The van der Waals surface area contributed by atoms with Gasteiger partial charge in [0.1, 0.15) is 12.4 Å². The van der Waals surface area contributed by atoms with Crippen LogP contribution in [0, 0.1) is 0 Å². The Morgan fingerprint density at radius 3 is 3.15 bits per heavy atom. The molecule has 1 saturated heterocycles. The normalized spacial score (nSPS) is 26.5. The van der Waals surface area contributed by atoms with Crippen LogP contribution in [-0.4, -0.2) is 36.7 Å². The van der Waals surface area contributed by atoms with Gasteiger partial charge in [-0.25, -0.2) is 0 Å². The smallest absolute Gasteiger partial charge is 0.124 e. The van der Waals surface area contributed by atoms with E-state index in [2.05, 4.69) is 42.3 Å². The van der Waals surface area contributed by atoms with Gasteiger partial charge in [-0.3, -0.25) is 4.90 Å². The first-order chi connectivity index (χ1) is 9.73. The van der Waals surface area contributed by atoms with Crippen molar-refractivity contribution in [2.75, 3.05) is 26.2 Å². The van der Waals surface area contributed by atoms with Crippen molar-refractivity contribution < 1.29 is 4.74 Å². The van der Waals surface area contributed by atoms with Crippen molar-refractivity contribution in [2.45, 2.75) is 45.2 Å². The fraction of sp³-hybridized carbons (Fsp3) is 0.647. The molecule has 1 atom stereocenters. The summed E-state index contributed by atoms with van der Waals surface area (Å²) >= 11 is 0. The molecule has 1 aromatic rings. The molecule has 1 aromatic carbocycles. The fourth-order valence-corrected chi connectivity index (χ4v) is 3.63. The number of likely N-dealkylation sites (tertiary alicyclic amines) is 1. The first-order valence-corrected chi connectivity index (χ1v) is 7.92. The maximum atomic E-state index is 6.24. The topological polar surface area (TPSA) is 24.5 Å². The monoisotopic (exact) mass is 274 g/mol. The second kappa shape index (κ2) is 5.74. The van der Waals surface area contributed by atoms with Crippen LogP contribution < -0.4 is 10.1 Å². The average molecular weight is 274 g/mol. The third kappa shape index (κ3) is 2.57. The van der Waals surface area contributed by atoms with Crippen LogP contribution in [-0.2, 0) is 13.0 Å². The lowest BCUT2D eigenvalue weighted by molar-refractivity contribution is 0.0951. The summed E-state index contributed by atoms with van der Waals surface area (Å²) in [6.45, 7) is 9.75. The molecule has 0 aromatic heterocycles. The van der Waals surface area contributed by atoms with E-state index < -0.39 is 0 Å². The molecule has 0 amide bonds. The summed E-state index contributed by atoms with van der Waals surface area (Å²) in [6.07, 6.45) is 3.65. The third-order valence-electron chi connectivity index (χ3n) is 4.93. The minimum absolute atomic E-state index is 0.208. The molecule has 0 radical (unpaired) electrons. The number of nitrogens with zero attached hydrogens (tertiary/aromatic N) is 1. The standard InChI is InChI=1S/C17H26N2O/c1-3-19-11-5-9-17(19,2)13-20-16-7-4-6-14-8-10-18-12-15(14)16/h4,6-7,18H,3,5,8-13H2,1-2H3. The van der Waals surface area contributed by atoms with E-state index in [9.17, 15) is 0 Å². The number of hydrogen-bond acceptors (Lipinski definition) is 3. The van der Waals surface area contributed by atoms with Gasteiger partial charge in [0.05, 0.1) is 5.54 Å². The molecular formula is C17H26N2O. The van der Waals surface area contributed by atoms with Gasteiger partial charge in [-0.2, -0.15) is 0 Å². The lowest BCUT2D eigenvalue weighted by Gasteiger charge is -2.34. The van der Waals surface area contributed by atoms with Gasteiger partial charge in [0.15, 0.2) is 0 Å². The van der Waals surface area contributed by atoms with Gasteiger partial charge in [-0.05, 0) is 57.5 Å². The highest BCUT2D eigenvalue weighted by Gasteiger charge is 2.36. The van der Waals surface area contributed by atoms with E-state index in [1.807, 2.05) is 0 Å². The van der Waals surface area contributed by atoms with Gasteiger partial charge in [0.2, 0.25) is 0 Å². The van der Waals surface area contributed by atoms with E-state index in [4.69, 9.17) is 4.74 Å². The molecule has 2 heterocycles. The molecule has 0 aliphatic carbocycles. The summed E-state index contributed by atoms with van der Waals surface area (Å²) in [5, 5.41) is 3.45.